The fourth-order valence-corrected chi connectivity index (χ4v) is 1.98. The fourth-order valence-electron chi connectivity index (χ4n) is 1.98. The van der Waals surface area contributed by atoms with Gasteiger partial charge >= 0.3 is 0 Å². The first-order valence-electron chi connectivity index (χ1n) is 6.46. The Hall–Kier alpha value is -2.47. The number of benzene rings is 1. The van der Waals surface area contributed by atoms with Crippen LogP contribution in [0.5, 0.6) is 5.75 Å². The van der Waals surface area contributed by atoms with Gasteiger partial charge in [-0.3, -0.25) is 0 Å². The predicted octanol–water partition coefficient (Wildman–Crippen LogP) is 1.75. The van der Waals surface area contributed by atoms with E-state index in [9.17, 15) is 0 Å². The molecule has 0 unspecified atom stereocenters. The highest BCUT2D eigenvalue weighted by atomic mass is 16.5. The molecule has 0 bridgehead atoms. The Morgan fingerprint density at radius 3 is 3.05 bits per heavy atom. The number of aromatic nitrogens is 4. The van der Waals surface area contributed by atoms with Gasteiger partial charge in [0.05, 0.1) is 12.9 Å². The van der Waals surface area contributed by atoms with Gasteiger partial charge in [-0.05, 0) is 25.1 Å². The van der Waals surface area contributed by atoms with Crippen LogP contribution in [0.25, 0.3) is 22.4 Å². The second-order valence-electron chi connectivity index (χ2n) is 4.34. The van der Waals surface area contributed by atoms with Crippen molar-refractivity contribution in [2.75, 3.05) is 13.2 Å². The summed E-state index contributed by atoms with van der Waals surface area (Å²) in [5.41, 5.74) is 8.68. The zero-order valence-electron chi connectivity index (χ0n) is 10.9. The molecule has 3 rings (SSSR count). The van der Waals surface area contributed by atoms with E-state index < -0.39 is 0 Å². The molecule has 0 atom stereocenters. The predicted molar refractivity (Wildman–Crippen MR) is 76.3 cm³/mol. The van der Waals surface area contributed by atoms with Gasteiger partial charge in [0, 0.05) is 5.56 Å². The molecule has 102 valence electrons. The molecule has 0 fully saturated rings. The van der Waals surface area contributed by atoms with Crippen LogP contribution in [-0.2, 0) is 0 Å². The van der Waals surface area contributed by atoms with Crippen molar-refractivity contribution in [3.63, 3.8) is 0 Å². The van der Waals surface area contributed by atoms with Crippen LogP contribution < -0.4 is 10.5 Å². The Bertz CT molecular complexity index is 709. The van der Waals surface area contributed by atoms with Crippen LogP contribution in [0, 0.1) is 0 Å². The van der Waals surface area contributed by atoms with Crippen molar-refractivity contribution in [2.24, 2.45) is 5.73 Å². The van der Waals surface area contributed by atoms with E-state index in [-0.39, 0.29) is 0 Å². The second-order valence-corrected chi connectivity index (χ2v) is 4.34. The summed E-state index contributed by atoms with van der Waals surface area (Å²) >= 11 is 0. The molecule has 6 heteroatoms. The van der Waals surface area contributed by atoms with Crippen LogP contribution in [0.1, 0.15) is 6.42 Å². The lowest BCUT2D eigenvalue weighted by atomic mass is 10.1. The van der Waals surface area contributed by atoms with Gasteiger partial charge in [0.15, 0.2) is 5.65 Å². The third-order valence-corrected chi connectivity index (χ3v) is 2.94. The van der Waals surface area contributed by atoms with E-state index in [0.717, 1.165) is 34.6 Å². The first-order valence-corrected chi connectivity index (χ1v) is 6.46. The van der Waals surface area contributed by atoms with Crippen molar-refractivity contribution in [1.82, 2.24) is 19.9 Å². The van der Waals surface area contributed by atoms with Crippen LogP contribution in [0.4, 0.5) is 0 Å². The number of hydrogen-bond donors (Lipinski definition) is 2. The zero-order chi connectivity index (χ0) is 13.8. The third kappa shape index (κ3) is 2.46. The number of imidazole rings is 1. The minimum atomic E-state index is 0.613. The van der Waals surface area contributed by atoms with Crippen LogP contribution in [0.2, 0.25) is 0 Å². The maximum absolute atomic E-state index is 5.65. The zero-order valence-corrected chi connectivity index (χ0v) is 10.9. The summed E-state index contributed by atoms with van der Waals surface area (Å²) in [6.07, 6.45) is 3.98. The molecule has 0 aliphatic heterocycles. The average Bonchev–Trinajstić information content (AvgIpc) is 2.96. The van der Waals surface area contributed by atoms with Crippen LogP contribution >= 0.6 is 0 Å². The summed E-state index contributed by atoms with van der Waals surface area (Å²) in [6.45, 7) is 1.24. The molecule has 0 saturated carbocycles. The Balaban J connectivity index is 1.93. The summed E-state index contributed by atoms with van der Waals surface area (Å²) in [7, 11) is 0. The van der Waals surface area contributed by atoms with E-state index in [1.165, 1.54) is 6.33 Å². The van der Waals surface area contributed by atoms with E-state index >= 15 is 0 Å². The number of aromatic amines is 1. The van der Waals surface area contributed by atoms with Crippen molar-refractivity contribution in [2.45, 2.75) is 6.42 Å². The number of ether oxygens (including phenoxy) is 1. The molecule has 2 aromatic heterocycles. The highest BCUT2D eigenvalue weighted by molar-refractivity contribution is 5.86. The number of H-pyrrole nitrogens is 1. The van der Waals surface area contributed by atoms with Gasteiger partial charge in [-0.1, -0.05) is 12.1 Å². The SMILES string of the molecule is NCCCOc1cccc(-c2ncnc3[nH]cnc23)c1. The molecule has 0 radical (unpaired) electrons. The number of nitrogens with zero attached hydrogens (tertiary/aromatic N) is 3. The lowest BCUT2D eigenvalue weighted by Crippen LogP contribution is -2.06. The molecule has 3 N–H and O–H groups in total. The molecule has 20 heavy (non-hydrogen) atoms. The summed E-state index contributed by atoms with van der Waals surface area (Å²) < 4.78 is 5.65. The van der Waals surface area contributed by atoms with E-state index in [0.29, 0.717) is 13.2 Å². The van der Waals surface area contributed by atoms with Gasteiger partial charge < -0.3 is 15.5 Å². The summed E-state index contributed by atoms with van der Waals surface area (Å²) in [5.74, 6) is 0.804. The largest absolute Gasteiger partial charge is 0.494 e. The molecule has 1 aromatic carbocycles. The van der Waals surface area contributed by atoms with Crippen LogP contribution in [0.3, 0.4) is 0 Å². The monoisotopic (exact) mass is 269 g/mol. The lowest BCUT2D eigenvalue weighted by molar-refractivity contribution is 0.313. The quantitative estimate of drug-likeness (QED) is 0.689. The maximum Gasteiger partial charge on any atom is 0.161 e. The van der Waals surface area contributed by atoms with E-state index in [1.807, 2.05) is 24.3 Å². The average molecular weight is 269 g/mol. The molecule has 2 heterocycles. The molecule has 0 spiro atoms. The number of rotatable bonds is 5. The number of fused-ring (bicyclic) bond motifs is 1. The van der Waals surface area contributed by atoms with Crippen LogP contribution in [-0.4, -0.2) is 33.1 Å². The Morgan fingerprint density at radius 1 is 1.20 bits per heavy atom. The molecule has 0 aliphatic rings. The van der Waals surface area contributed by atoms with Crippen LogP contribution in [0.15, 0.2) is 36.9 Å². The number of nitrogens with two attached hydrogens (primary N) is 1. The highest BCUT2D eigenvalue weighted by Crippen LogP contribution is 2.26. The minimum Gasteiger partial charge on any atom is -0.494 e. The molecule has 6 nitrogen and oxygen atoms in total. The summed E-state index contributed by atoms with van der Waals surface area (Å²) in [4.78, 5) is 15.7. The van der Waals surface area contributed by atoms with Gasteiger partial charge in [-0.15, -0.1) is 0 Å². The van der Waals surface area contributed by atoms with Gasteiger partial charge in [-0.25, -0.2) is 15.0 Å². The third-order valence-electron chi connectivity index (χ3n) is 2.94. The standard InChI is InChI=1S/C14H15N5O/c15-5-2-6-20-11-4-1-3-10(7-11)12-13-14(18-8-16-12)19-9-17-13/h1,3-4,7-9H,2,5-6,15H2,(H,16,17,18,19). The fraction of sp³-hybridized carbons (Fsp3) is 0.214. The van der Waals surface area contributed by atoms with Gasteiger partial charge in [0.2, 0.25) is 0 Å². The molecule has 0 aliphatic carbocycles. The van der Waals surface area contributed by atoms with E-state index in [1.54, 1.807) is 6.33 Å². The normalized spacial score (nSPS) is 10.8. The minimum absolute atomic E-state index is 0.613. The van der Waals surface area contributed by atoms with Crippen molar-refractivity contribution in [3.8, 4) is 17.0 Å². The number of hydrogen-bond acceptors (Lipinski definition) is 5. The first kappa shape index (κ1) is 12.6. The topological polar surface area (TPSA) is 89.7 Å². The Kier molecular flexibility index (Phi) is 3.56. The van der Waals surface area contributed by atoms with E-state index in [4.69, 9.17) is 10.5 Å². The molecular weight excluding hydrogens is 254 g/mol. The smallest absolute Gasteiger partial charge is 0.161 e. The highest BCUT2D eigenvalue weighted by Gasteiger charge is 2.09. The van der Waals surface area contributed by atoms with E-state index in [2.05, 4.69) is 19.9 Å². The maximum atomic E-state index is 5.65. The second kappa shape index (κ2) is 5.66. The Morgan fingerprint density at radius 2 is 2.15 bits per heavy atom. The molecule has 0 amide bonds. The Labute approximate surface area is 116 Å². The molecule has 3 aromatic rings. The van der Waals surface area contributed by atoms with Crippen molar-refractivity contribution in [3.05, 3.63) is 36.9 Å². The van der Waals surface area contributed by atoms with Gasteiger partial charge in [0.25, 0.3) is 0 Å². The molecule has 0 saturated heterocycles. The first-order chi connectivity index (χ1) is 9.88. The molecular formula is C14H15N5O. The van der Waals surface area contributed by atoms with Crippen molar-refractivity contribution < 1.29 is 4.74 Å². The van der Waals surface area contributed by atoms with Gasteiger partial charge in [-0.2, -0.15) is 0 Å². The van der Waals surface area contributed by atoms with Crippen molar-refractivity contribution >= 4 is 11.2 Å². The van der Waals surface area contributed by atoms with Gasteiger partial charge in [0.1, 0.15) is 23.3 Å². The lowest BCUT2D eigenvalue weighted by Gasteiger charge is -2.07. The summed E-state index contributed by atoms with van der Waals surface area (Å²) in [6, 6.07) is 7.79. The van der Waals surface area contributed by atoms with Crippen molar-refractivity contribution in [1.29, 1.82) is 0 Å². The summed E-state index contributed by atoms with van der Waals surface area (Å²) in [5, 5.41) is 0. The number of nitrogens with one attached hydrogen (secondary N) is 1.